The Bertz CT molecular complexity index is 421. The van der Waals surface area contributed by atoms with Gasteiger partial charge in [-0.1, -0.05) is 37.6 Å². The summed E-state index contributed by atoms with van der Waals surface area (Å²) in [6.45, 7) is 9.35. The second kappa shape index (κ2) is 8.77. The lowest BCUT2D eigenvalue weighted by atomic mass is 9.98. The van der Waals surface area contributed by atoms with Crippen LogP contribution in [0.5, 0.6) is 0 Å². The van der Waals surface area contributed by atoms with Crippen molar-refractivity contribution in [3.63, 3.8) is 0 Å². The Hall–Kier alpha value is -0.570. The monoisotopic (exact) mass is 308 g/mol. The molecule has 0 amide bonds. The van der Waals surface area contributed by atoms with Crippen LogP contribution >= 0.6 is 11.6 Å². The minimum Gasteiger partial charge on any atom is -0.310 e. The highest BCUT2D eigenvalue weighted by molar-refractivity contribution is 6.30. The van der Waals surface area contributed by atoms with E-state index < -0.39 is 0 Å². The van der Waals surface area contributed by atoms with E-state index in [0.717, 1.165) is 30.3 Å². The first-order valence-corrected chi connectivity index (χ1v) is 8.78. The molecule has 2 unspecified atom stereocenters. The van der Waals surface area contributed by atoms with E-state index in [2.05, 4.69) is 42.3 Å². The summed E-state index contributed by atoms with van der Waals surface area (Å²) < 4.78 is 0. The fourth-order valence-electron chi connectivity index (χ4n) is 3.23. The molecule has 21 heavy (non-hydrogen) atoms. The van der Waals surface area contributed by atoms with Gasteiger partial charge >= 0.3 is 0 Å². The standard InChI is InChI=1S/C18H29ClN2/c1-3-10-20-18(16-7-4-8-17(19)13-16)9-12-21-11-5-6-15(2)14-21/h4,7-8,13,15,18,20H,3,5-6,9-12,14H2,1-2H3. The van der Waals surface area contributed by atoms with Gasteiger partial charge in [0.15, 0.2) is 0 Å². The summed E-state index contributed by atoms with van der Waals surface area (Å²) in [6, 6.07) is 8.72. The van der Waals surface area contributed by atoms with Crippen molar-refractivity contribution in [1.82, 2.24) is 10.2 Å². The average Bonchev–Trinajstić information content (AvgIpc) is 2.47. The summed E-state index contributed by atoms with van der Waals surface area (Å²) in [5, 5.41) is 4.51. The fraction of sp³-hybridized carbons (Fsp3) is 0.667. The Labute approximate surface area is 134 Å². The molecule has 1 aliphatic rings. The van der Waals surface area contributed by atoms with Gasteiger partial charge in [-0.15, -0.1) is 0 Å². The van der Waals surface area contributed by atoms with Crippen molar-refractivity contribution in [3.05, 3.63) is 34.9 Å². The molecule has 0 bridgehead atoms. The lowest BCUT2D eigenvalue weighted by Crippen LogP contribution is -2.36. The maximum Gasteiger partial charge on any atom is 0.0409 e. The maximum atomic E-state index is 6.15. The molecule has 2 rings (SSSR count). The predicted octanol–water partition coefficient (Wildman–Crippen LogP) is 4.50. The molecule has 1 heterocycles. The first-order valence-electron chi connectivity index (χ1n) is 8.40. The number of benzene rings is 1. The number of halogens is 1. The first-order chi connectivity index (χ1) is 10.2. The number of nitrogens with one attached hydrogen (secondary N) is 1. The van der Waals surface area contributed by atoms with Crippen molar-refractivity contribution in [3.8, 4) is 0 Å². The molecule has 1 aromatic carbocycles. The van der Waals surface area contributed by atoms with Gasteiger partial charge in [0, 0.05) is 17.6 Å². The molecular weight excluding hydrogens is 280 g/mol. The van der Waals surface area contributed by atoms with Gasteiger partial charge < -0.3 is 10.2 Å². The van der Waals surface area contributed by atoms with Crippen LogP contribution in [0, 0.1) is 5.92 Å². The molecule has 0 aliphatic carbocycles. The van der Waals surface area contributed by atoms with Gasteiger partial charge in [-0.2, -0.15) is 0 Å². The van der Waals surface area contributed by atoms with Crippen molar-refractivity contribution in [1.29, 1.82) is 0 Å². The van der Waals surface area contributed by atoms with Crippen molar-refractivity contribution >= 4 is 11.6 Å². The normalized spacial score (nSPS) is 21.4. The largest absolute Gasteiger partial charge is 0.310 e. The quantitative estimate of drug-likeness (QED) is 0.797. The van der Waals surface area contributed by atoms with Gasteiger partial charge in [0.05, 0.1) is 0 Å². The molecule has 1 saturated heterocycles. The Morgan fingerprint density at radius 2 is 2.29 bits per heavy atom. The summed E-state index contributed by atoms with van der Waals surface area (Å²) in [5.74, 6) is 0.854. The molecule has 0 aromatic heterocycles. The van der Waals surface area contributed by atoms with Gasteiger partial charge in [-0.25, -0.2) is 0 Å². The minimum absolute atomic E-state index is 0.417. The minimum atomic E-state index is 0.417. The number of piperidine rings is 1. The van der Waals surface area contributed by atoms with Crippen LogP contribution in [0.2, 0.25) is 5.02 Å². The third-order valence-corrected chi connectivity index (χ3v) is 4.60. The number of nitrogens with zero attached hydrogens (tertiary/aromatic N) is 1. The van der Waals surface area contributed by atoms with E-state index in [4.69, 9.17) is 11.6 Å². The van der Waals surface area contributed by atoms with Crippen LogP contribution in [-0.2, 0) is 0 Å². The molecule has 1 aromatic rings. The van der Waals surface area contributed by atoms with Gasteiger partial charge in [0.2, 0.25) is 0 Å². The fourth-order valence-corrected chi connectivity index (χ4v) is 3.43. The van der Waals surface area contributed by atoms with E-state index in [9.17, 15) is 0 Å². The summed E-state index contributed by atoms with van der Waals surface area (Å²) >= 11 is 6.15. The van der Waals surface area contributed by atoms with Crippen LogP contribution in [0.1, 0.15) is 51.1 Å². The summed E-state index contributed by atoms with van der Waals surface area (Å²) in [4.78, 5) is 2.62. The van der Waals surface area contributed by atoms with Gasteiger partial charge in [0.1, 0.15) is 0 Å². The number of likely N-dealkylation sites (tertiary alicyclic amines) is 1. The second-order valence-electron chi connectivity index (χ2n) is 6.40. The first kappa shape index (κ1) is 16.8. The summed E-state index contributed by atoms with van der Waals surface area (Å²) in [6.07, 6.45) is 5.07. The van der Waals surface area contributed by atoms with E-state index >= 15 is 0 Å². The highest BCUT2D eigenvalue weighted by Gasteiger charge is 2.18. The highest BCUT2D eigenvalue weighted by atomic mass is 35.5. The number of hydrogen-bond donors (Lipinski definition) is 1. The van der Waals surface area contributed by atoms with Crippen LogP contribution in [0.4, 0.5) is 0 Å². The third kappa shape index (κ3) is 5.61. The third-order valence-electron chi connectivity index (χ3n) is 4.37. The highest BCUT2D eigenvalue weighted by Crippen LogP contribution is 2.22. The number of hydrogen-bond acceptors (Lipinski definition) is 2. The van der Waals surface area contributed by atoms with Crippen LogP contribution in [0.3, 0.4) is 0 Å². The molecule has 0 radical (unpaired) electrons. The van der Waals surface area contributed by atoms with Gasteiger partial charge in [0.25, 0.3) is 0 Å². The van der Waals surface area contributed by atoms with Crippen LogP contribution in [0.25, 0.3) is 0 Å². The summed E-state index contributed by atoms with van der Waals surface area (Å²) in [7, 11) is 0. The van der Waals surface area contributed by atoms with E-state index in [1.807, 2.05) is 6.07 Å². The van der Waals surface area contributed by atoms with Crippen molar-refractivity contribution < 1.29 is 0 Å². The second-order valence-corrected chi connectivity index (χ2v) is 6.83. The van der Waals surface area contributed by atoms with E-state index in [1.54, 1.807) is 0 Å². The molecule has 1 aliphatic heterocycles. The molecule has 0 saturated carbocycles. The average molecular weight is 309 g/mol. The van der Waals surface area contributed by atoms with Gasteiger partial charge in [-0.05, 0) is 68.9 Å². The lowest BCUT2D eigenvalue weighted by Gasteiger charge is -2.32. The van der Waals surface area contributed by atoms with E-state index in [0.29, 0.717) is 6.04 Å². The molecular formula is C18H29ClN2. The smallest absolute Gasteiger partial charge is 0.0409 e. The van der Waals surface area contributed by atoms with E-state index in [-0.39, 0.29) is 0 Å². The maximum absolute atomic E-state index is 6.15. The number of rotatable bonds is 7. The molecule has 0 spiro atoms. The zero-order valence-electron chi connectivity index (χ0n) is 13.4. The Balaban J connectivity index is 1.92. The molecule has 2 nitrogen and oxygen atoms in total. The molecule has 1 N–H and O–H groups in total. The van der Waals surface area contributed by atoms with E-state index in [1.165, 1.54) is 38.0 Å². The Morgan fingerprint density at radius 1 is 1.43 bits per heavy atom. The van der Waals surface area contributed by atoms with Gasteiger partial charge in [-0.3, -0.25) is 0 Å². The Kier molecular flexibility index (Phi) is 7.01. The molecule has 3 heteroatoms. The Morgan fingerprint density at radius 3 is 3.00 bits per heavy atom. The summed E-state index contributed by atoms with van der Waals surface area (Å²) in [5.41, 5.74) is 1.32. The molecule has 2 atom stereocenters. The zero-order valence-corrected chi connectivity index (χ0v) is 14.2. The molecule has 1 fully saturated rings. The van der Waals surface area contributed by atoms with Crippen molar-refractivity contribution in [2.45, 2.75) is 45.6 Å². The SMILES string of the molecule is CCCNC(CCN1CCCC(C)C1)c1cccc(Cl)c1. The van der Waals surface area contributed by atoms with Crippen LogP contribution in [-0.4, -0.2) is 31.1 Å². The topological polar surface area (TPSA) is 15.3 Å². The lowest BCUT2D eigenvalue weighted by molar-refractivity contribution is 0.176. The van der Waals surface area contributed by atoms with Crippen molar-refractivity contribution in [2.75, 3.05) is 26.2 Å². The van der Waals surface area contributed by atoms with Crippen LogP contribution in [0.15, 0.2) is 24.3 Å². The van der Waals surface area contributed by atoms with Crippen LogP contribution < -0.4 is 5.32 Å². The van der Waals surface area contributed by atoms with Crippen molar-refractivity contribution in [2.24, 2.45) is 5.92 Å². The predicted molar refractivity (Wildman–Crippen MR) is 91.9 cm³/mol. The molecule has 118 valence electrons. The zero-order chi connectivity index (χ0) is 15.1.